The van der Waals surface area contributed by atoms with Crippen molar-refractivity contribution in [1.29, 1.82) is 0 Å². The second kappa shape index (κ2) is 14.5. The summed E-state index contributed by atoms with van der Waals surface area (Å²) in [5, 5.41) is 3.01. The molecule has 0 saturated carbocycles. The average Bonchev–Trinajstić information content (AvgIpc) is 2.93. The molecule has 0 radical (unpaired) electrons. The zero-order valence-electron chi connectivity index (χ0n) is 22.6. The molecule has 8 nitrogen and oxygen atoms in total. The van der Waals surface area contributed by atoms with Gasteiger partial charge in [-0.3, -0.25) is 29.2 Å². The van der Waals surface area contributed by atoms with Gasteiger partial charge >= 0.3 is 6.18 Å². The summed E-state index contributed by atoms with van der Waals surface area (Å²) in [7, 11) is 1.56. The Kier molecular flexibility index (Phi) is 11.4. The highest BCUT2D eigenvalue weighted by Crippen LogP contribution is 2.34. The largest absolute Gasteiger partial charge is 0.416 e. The molecule has 0 aliphatic carbocycles. The third-order valence-corrected chi connectivity index (χ3v) is 7.13. The number of aliphatic imine (C=N–C) groups is 1. The number of nitrogens with zero attached hydrogens (tertiary/aromatic N) is 4. The Morgan fingerprint density at radius 3 is 2.46 bits per heavy atom. The quantitative estimate of drug-likeness (QED) is 0.180. The number of rotatable bonds is 10. The highest BCUT2D eigenvalue weighted by Gasteiger charge is 2.33. The van der Waals surface area contributed by atoms with Gasteiger partial charge in [-0.15, -0.1) is 12.6 Å². The lowest BCUT2D eigenvalue weighted by atomic mass is 10.1. The monoisotopic (exact) mass is 609 g/mol. The lowest BCUT2D eigenvalue weighted by Crippen LogP contribution is -2.50. The maximum absolute atomic E-state index is 13.5. The summed E-state index contributed by atoms with van der Waals surface area (Å²) in [4.78, 5) is 45.0. The van der Waals surface area contributed by atoms with Gasteiger partial charge in [0.15, 0.2) is 0 Å². The Bertz CT molecular complexity index is 1330. The van der Waals surface area contributed by atoms with Crippen LogP contribution < -0.4 is 5.32 Å². The number of halogens is 4. The van der Waals surface area contributed by atoms with Crippen LogP contribution in [-0.2, 0) is 27.1 Å². The van der Waals surface area contributed by atoms with Gasteiger partial charge in [-0.1, -0.05) is 23.7 Å². The summed E-state index contributed by atoms with van der Waals surface area (Å²) in [6.45, 7) is 4.56. The van der Waals surface area contributed by atoms with E-state index in [9.17, 15) is 27.6 Å². The van der Waals surface area contributed by atoms with Crippen LogP contribution in [0.15, 0.2) is 46.3 Å². The van der Waals surface area contributed by atoms with Crippen molar-refractivity contribution in [3.8, 4) is 0 Å². The Balaban J connectivity index is 1.69. The van der Waals surface area contributed by atoms with Crippen LogP contribution in [0.1, 0.15) is 29.2 Å². The molecule has 0 atom stereocenters. The van der Waals surface area contributed by atoms with Gasteiger partial charge in [0.1, 0.15) is 0 Å². The van der Waals surface area contributed by atoms with Crippen molar-refractivity contribution >= 4 is 60.4 Å². The van der Waals surface area contributed by atoms with Crippen molar-refractivity contribution in [2.24, 2.45) is 4.99 Å². The highest BCUT2D eigenvalue weighted by atomic mass is 35.5. The van der Waals surface area contributed by atoms with Gasteiger partial charge in [0.25, 0.3) is 5.91 Å². The maximum atomic E-state index is 13.5. The van der Waals surface area contributed by atoms with Crippen LogP contribution in [0.4, 0.5) is 18.9 Å². The van der Waals surface area contributed by atoms with E-state index in [1.54, 1.807) is 30.1 Å². The average molecular weight is 610 g/mol. The van der Waals surface area contributed by atoms with Crippen LogP contribution in [0.3, 0.4) is 0 Å². The first-order valence-electron chi connectivity index (χ1n) is 12.7. The number of thiol groups is 1. The standard InChI is InChI=1S/C28H31ClF3N5O3S/c1-19(39)36-10-7-35(8-11-36)9-12-37(18-38)27(40)26(41)14-20-3-6-25(22(13-20)16-33-2)34-17-21-4-5-23(29)15-24(21)28(30,31)32/h3-6,13-16,18,34,41H,7-12,17H2,1-2H3/b26-14-,33-16?. The molecule has 220 valence electrons. The van der Waals surface area contributed by atoms with Crippen molar-refractivity contribution < 1.29 is 27.6 Å². The molecule has 0 unspecified atom stereocenters. The normalized spacial score (nSPS) is 14.8. The molecule has 1 heterocycles. The molecule has 1 aliphatic heterocycles. The molecule has 1 fully saturated rings. The van der Waals surface area contributed by atoms with Gasteiger partial charge < -0.3 is 10.2 Å². The Hall–Kier alpha value is -3.35. The molecule has 0 bridgehead atoms. The first-order valence-corrected chi connectivity index (χ1v) is 13.6. The maximum Gasteiger partial charge on any atom is 0.416 e. The topological polar surface area (TPSA) is 85.3 Å². The molecule has 1 saturated heterocycles. The summed E-state index contributed by atoms with van der Waals surface area (Å²) in [6, 6.07) is 8.65. The minimum absolute atomic E-state index is 0.00577. The SMILES string of the molecule is CN=Cc1cc(/C=C(\S)C(=O)N(C=O)CCN2CCN(C(C)=O)CC2)ccc1NCc1ccc(Cl)cc1C(F)(F)F. The van der Waals surface area contributed by atoms with Gasteiger partial charge in [-0.2, -0.15) is 13.2 Å². The summed E-state index contributed by atoms with van der Waals surface area (Å²) >= 11 is 10.1. The Morgan fingerprint density at radius 1 is 1.15 bits per heavy atom. The van der Waals surface area contributed by atoms with Gasteiger partial charge in [-0.25, -0.2) is 0 Å². The number of carbonyl (C=O) groups excluding carboxylic acids is 3. The molecule has 0 spiro atoms. The first kappa shape index (κ1) is 32.2. The van der Waals surface area contributed by atoms with E-state index in [4.69, 9.17) is 11.6 Å². The number of anilines is 1. The Labute approximate surface area is 247 Å². The molecule has 2 aromatic rings. The Morgan fingerprint density at radius 2 is 1.85 bits per heavy atom. The minimum atomic E-state index is -4.56. The van der Waals surface area contributed by atoms with E-state index >= 15 is 0 Å². The van der Waals surface area contributed by atoms with Gasteiger partial charge in [0.05, 0.1) is 10.5 Å². The fourth-order valence-corrected chi connectivity index (χ4v) is 4.79. The first-order chi connectivity index (χ1) is 19.4. The van der Waals surface area contributed by atoms with Crippen molar-refractivity contribution in [3.05, 3.63) is 68.6 Å². The molecule has 3 amide bonds. The number of imide groups is 1. The predicted octanol–water partition coefficient (Wildman–Crippen LogP) is 4.44. The second-order valence-corrected chi connectivity index (χ2v) is 10.3. The lowest BCUT2D eigenvalue weighted by Gasteiger charge is -2.34. The molecule has 0 aromatic heterocycles. The zero-order valence-corrected chi connectivity index (χ0v) is 24.3. The van der Waals surface area contributed by atoms with Crippen LogP contribution >= 0.6 is 24.2 Å². The molecular weight excluding hydrogens is 579 g/mol. The number of hydrogen-bond donors (Lipinski definition) is 2. The van der Waals surface area contributed by atoms with E-state index in [2.05, 4.69) is 27.8 Å². The molecule has 1 aliphatic rings. The van der Waals surface area contributed by atoms with Crippen molar-refractivity contribution in [3.63, 3.8) is 0 Å². The van der Waals surface area contributed by atoms with E-state index in [1.807, 2.05) is 0 Å². The summed E-state index contributed by atoms with van der Waals surface area (Å²) in [5.74, 6) is -0.547. The smallest absolute Gasteiger partial charge is 0.380 e. The summed E-state index contributed by atoms with van der Waals surface area (Å²) in [6.07, 6.45) is -1.05. The van der Waals surface area contributed by atoms with E-state index in [0.29, 0.717) is 55.9 Å². The van der Waals surface area contributed by atoms with E-state index < -0.39 is 17.6 Å². The fourth-order valence-electron chi connectivity index (χ4n) is 4.34. The predicted molar refractivity (Wildman–Crippen MR) is 157 cm³/mol. The van der Waals surface area contributed by atoms with Gasteiger partial charge in [-0.05, 0) is 41.5 Å². The van der Waals surface area contributed by atoms with E-state index in [-0.39, 0.29) is 34.5 Å². The molecule has 1 N–H and O–H groups in total. The zero-order chi connectivity index (χ0) is 30.2. The summed E-state index contributed by atoms with van der Waals surface area (Å²) < 4.78 is 40.4. The fraction of sp³-hybridized carbons (Fsp3) is 0.357. The second-order valence-electron chi connectivity index (χ2n) is 9.37. The number of nitrogens with one attached hydrogen (secondary N) is 1. The van der Waals surface area contributed by atoms with Crippen molar-refractivity contribution in [2.75, 3.05) is 51.6 Å². The van der Waals surface area contributed by atoms with E-state index in [1.165, 1.54) is 31.3 Å². The van der Waals surface area contributed by atoms with Crippen LogP contribution in [0.25, 0.3) is 6.08 Å². The highest BCUT2D eigenvalue weighted by molar-refractivity contribution is 7.85. The number of amides is 3. The number of alkyl halides is 3. The molecule has 3 rings (SSSR count). The van der Waals surface area contributed by atoms with Crippen LogP contribution in [0, 0.1) is 0 Å². The number of carbonyl (C=O) groups is 3. The van der Waals surface area contributed by atoms with Crippen molar-refractivity contribution in [2.45, 2.75) is 19.6 Å². The number of hydrogen-bond acceptors (Lipinski definition) is 7. The molecule has 13 heteroatoms. The number of piperazine rings is 1. The third kappa shape index (κ3) is 9.07. The molecule has 41 heavy (non-hydrogen) atoms. The van der Waals surface area contributed by atoms with Gasteiger partial charge in [0, 0.05) is 82.3 Å². The van der Waals surface area contributed by atoms with Crippen LogP contribution in [0.5, 0.6) is 0 Å². The molecule has 2 aromatic carbocycles. The van der Waals surface area contributed by atoms with Crippen LogP contribution in [-0.4, -0.2) is 85.5 Å². The van der Waals surface area contributed by atoms with Gasteiger partial charge in [0.2, 0.25) is 12.3 Å². The van der Waals surface area contributed by atoms with E-state index in [0.717, 1.165) is 11.0 Å². The lowest BCUT2D eigenvalue weighted by molar-refractivity contribution is -0.138. The van der Waals surface area contributed by atoms with Crippen LogP contribution in [0.2, 0.25) is 5.02 Å². The summed E-state index contributed by atoms with van der Waals surface area (Å²) in [5.41, 5.74) is 0.899. The minimum Gasteiger partial charge on any atom is -0.380 e. The van der Waals surface area contributed by atoms with Crippen molar-refractivity contribution in [1.82, 2.24) is 14.7 Å². The number of benzene rings is 2. The third-order valence-electron chi connectivity index (χ3n) is 6.58. The molecular formula is C28H31ClF3N5O3S.